The molecule has 0 amide bonds. The molecule has 122 valence electrons. The highest BCUT2D eigenvalue weighted by Gasteiger charge is 2.44. The summed E-state index contributed by atoms with van der Waals surface area (Å²) >= 11 is 0. The molecule has 0 spiro atoms. The lowest BCUT2D eigenvalue weighted by Crippen LogP contribution is -2.56. The molecule has 3 aliphatic rings. The third kappa shape index (κ3) is 3.62. The molecular formula is C18H34N2O. The number of nitrogens with one attached hydrogen (secondary N) is 1. The molecule has 1 aliphatic heterocycles. The van der Waals surface area contributed by atoms with Crippen molar-refractivity contribution in [2.24, 2.45) is 5.92 Å². The zero-order chi connectivity index (χ0) is 14.7. The van der Waals surface area contributed by atoms with Crippen molar-refractivity contribution in [2.75, 3.05) is 19.6 Å². The molecular weight excluding hydrogens is 260 g/mol. The number of aliphatic hydroxyl groups is 1. The summed E-state index contributed by atoms with van der Waals surface area (Å²) in [7, 11) is 0. The van der Waals surface area contributed by atoms with Gasteiger partial charge in [-0.15, -0.1) is 0 Å². The van der Waals surface area contributed by atoms with Gasteiger partial charge in [0.05, 0.1) is 5.60 Å². The SMILES string of the molecule is CCCNC1CCC(N2CCC3(O)CCCCC3C2)CC1. The fourth-order valence-corrected chi connectivity index (χ4v) is 4.92. The smallest absolute Gasteiger partial charge is 0.0700 e. The normalized spacial score (nSPS) is 41.7. The van der Waals surface area contributed by atoms with Gasteiger partial charge in [-0.1, -0.05) is 19.8 Å². The molecule has 3 heteroatoms. The molecule has 2 saturated carbocycles. The Hall–Kier alpha value is -0.120. The summed E-state index contributed by atoms with van der Waals surface area (Å²) in [4.78, 5) is 2.72. The standard InChI is InChI=1S/C18H34N2O/c1-2-12-19-16-6-8-17(9-7-16)20-13-11-18(21)10-4-3-5-15(18)14-20/h15-17,19,21H,2-14H2,1H3. The Morgan fingerprint density at radius 2 is 1.90 bits per heavy atom. The second-order valence-electron chi connectivity index (χ2n) is 7.75. The van der Waals surface area contributed by atoms with E-state index in [0.717, 1.165) is 38.0 Å². The number of hydrogen-bond acceptors (Lipinski definition) is 3. The third-order valence-corrected chi connectivity index (χ3v) is 6.36. The molecule has 0 bridgehead atoms. The number of rotatable bonds is 4. The number of likely N-dealkylation sites (tertiary alicyclic amines) is 1. The van der Waals surface area contributed by atoms with Crippen LogP contribution >= 0.6 is 0 Å². The Labute approximate surface area is 130 Å². The zero-order valence-electron chi connectivity index (χ0n) is 13.8. The Morgan fingerprint density at radius 1 is 1.10 bits per heavy atom. The van der Waals surface area contributed by atoms with E-state index in [0.29, 0.717) is 5.92 Å². The molecule has 1 saturated heterocycles. The second-order valence-corrected chi connectivity index (χ2v) is 7.75. The fourth-order valence-electron chi connectivity index (χ4n) is 4.92. The van der Waals surface area contributed by atoms with Gasteiger partial charge in [0.15, 0.2) is 0 Å². The van der Waals surface area contributed by atoms with Crippen molar-refractivity contribution in [2.45, 2.75) is 88.8 Å². The van der Waals surface area contributed by atoms with E-state index >= 15 is 0 Å². The van der Waals surface area contributed by atoms with Crippen LogP contribution in [0.15, 0.2) is 0 Å². The molecule has 2 atom stereocenters. The minimum absolute atomic E-state index is 0.311. The monoisotopic (exact) mass is 294 g/mol. The van der Waals surface area contributed by atoms with Crippen molar-refractivity contribution in [1.82, 2.24) is 10.2 Å². The second kappa shape index (κ2) is 6.97. The van der Waals surface area contributed by atoms with Crippen molar-refractivity contribution < 1.29 is 5.11 Å². The van der Waals surface area contributed by atoms with Crippen LogP contribution < -0.4 is 5.32 Å². The topological polar surface area (TPSA) is 35.5 Å². The van der Waals surface area contributed by atoms with E-state index < -0.39 is 0 Å². The van der Waals surface area contributed by atoms with E-state index in [1.54, 1.807) is 0 Å². The summed E-state index contributed by atoms with van der Waals surface area (Å²) in [6.45, 7) is 5.71. The maximum absolute atomic E-state index is 10.8. The summed E-state index contributed by atoms with van der Waals surface area (Å²) < 4.78 is 0. The molecule has 3 fully saturated rings. The minimum atomic E-state index is -0.311. The average molecular weight is 294 g/mol. The number of fused-ring (bicyclic) bond motifs is 1. The fraction of sp³-hybridized carbons (Fsp3) is 1.00. The zero-order valence-corrected chi connectivity index (χ0v) is 13.8. The van der Waals surface area contributed by atoms with Crippen LogP contribution in [0.4, 0.5) is 0 Å². The quantitative estimate of drug-likeness (QED) is 0.837. The van der Waals surface area contributed by atoms with Crippen molar-refractivity contribution in [1.29, 1.82) is 0 Å². The van der Waals surface area contributed by atoms with Gasteiger partial charge in [0.1, 0.15) is 0 Å². The predicted molar refractivity (Wildman–Crippen MR) is 87.4 cm³/mol. The van der Waals surface area contributed by atoms with Crippen molar-refractivity contribution >= 4 is 0 Å². The Kier molecular flexibility index (Phi) is 5.23. The molecule has 21 heavy (non-hydrogen) atoms. The number of hydrogen-bond donors (Lipinski definition) is 2. The van der Waals surface area contributed by atoms with Crippen molar-refractivity contribution in [3.8, 4) is 0 Å². The van der Waals surface area contributed by atoms with Gasteiger partial charge in [0.25, 0.3) is 0 Å². The molecule has 3 nitrogen and oxygen atoms in total. The van der Waals surface area contributed by atoms with Gasteiger partial charge < -0.3 is 10.4 Å². The van der Waals surface area contributed by atoms with E-state index in [1.807, 2.05) is 0 Å². The van der Waals surface area contributed by atoms with Crippen LogP contribution in [0.25, 0.3) is 0 Å². The number of piperidine rings is 1. The van der Waals surface area contributed by atoms with Crippen molar-refractivity contribution in [3.63, 3.8) is 0 Å². The molecule has 2 N–H and O–H groups in total. The molecule has 0 aromatic heterocycles. The van der Waals surface area contributed by atoms with Crippen LogP contribution in [0.1, 0.15) is 71.1 Å². The summed E-state index contributed by atoms with van der Waals surface area (Å²) in [5.41, 5.74) is -0.311. The third-order valence-electron chi connectivity index (χ3n) is 6.36. The first-order valence-corrected chi connectivity index (χ1v) is 9.41. The Balaban J connectivity index is 1.48. The van der Waals surface area contributed by atoms with E-state index in [2.05, 4.69) is 17.1 Å². The lowest BCUT2D eigenvalue weighted by molar-refractivity contribution is -0.105. The molecule has 2 unspecified atom stereocenters. The lowest BCUT2D eigenvalue weighted by atomic mass is 9.70. The van der Waals surface area contributed by atoms with Gasteiger partial charge in [-0.2, -0.15) is 0 Å². The summed E-state index contributed by atoms with van der Waals surface area (Å²) in [6, 6.07) is 1.55. The largest absolute Gasteiger partial charge is 0.390 e. The van der Waals surface area contributed by atoms with E-state index in [1.165, 1.54) is 57.9 Å². The maximum Gasteiger partial charge on any atom is 0.0700 e. The van der Waals surface area contributed by atoms with Crippen molar-refractivity contribution in [3.05, 3.63) is 0 Å². The van der Waals surface area contributed by atoms with E-state index in [4.69, 9.17) is 0 Å². The van der Waals surface area contributed by atoms with Crippen LogP contribution in [0.5, 0.6) is 0 Å². The van der Waals surface area contributed by atoms with Gasteiger partial charge in [-0.3, -0.25) is 4.90 Å². The predicted octanol–water partition coefficient (Wildman–Crippen LogP) is 2.92. The molecule has 0 aromatic carbocycles. The van der Waals surface area contributed by atoms with E-state index in [9.17, 15) is 5.11 Å². The highest BCUT2D eigenvalue weighted by Crippen LogP contribution is 2.41. The Bertz CT molecular complexity index is 327. The van der Waals surface area contributed by atoms with Crippen LogP contribution in [-0.4, -0.2) is 47.3 Å². The highest BCUT2D eigenvalue weighted by atomic mass is 16.3. The molecule has 3 rings (SSSR count). The van der Waals surface area contributed by atoms with Gasteiger partial charge in [0, 0.05) is 31.1 Å². The first-order chi connectivity index (χ1) is 10.2. The maximum atomic E-state index is 10.8. The lowest BCUT2D eigenvalue weighted by Gasteiger charge is -2.50. The molecule has 0 radical (unpaired) electrons. The average Bonchev–Trinajstić information content (AvgIpc) is 2.52. The van der Waals surface area contributed by atoms with Gasteiger partial charge in [0.2, 0.25) is 0 Å². The van der Waals surface area contributed by atoms with Gasteiger partial charge in [-0.05, 0) is 57.9 Å². The molecule has 1 heterocycles. The van der Waals surface area contributed by atoms with E-state index in [-0.39, 0.29) is 5.60 Å². The molecule has 0 aromatic rings. The van der Waals surface area contributed by atoms with Crippen LogP contribution in [0.3, 0.4) is 0 Å². The first-order valence-electron chi connectivity index (χ1n) is 9.41. The van der Waals surface area contributed by atoms with Crippen LogP contribution in [0, 0.1) is 5.92 Å². The first kappa shape index (κ1) is 15.8. The minimum Gasteiger partial charge on any atom is -0.390 e. The van der Waals surface area contributed by atoms with Crippen LogP contribution in [0.2, 0.25) is 0 Å². The molecule has 2 aliphatic carbocycles. The Morgan fingerprint density at radius 3 is 2.67 bits per heavy atom. The van der Waals surface area contributed by atoms with Gasteiger partial charge in [-0.25, -0.2) is 0 Å². The summed E-state index contributed by atoms with van der Waals surface area (Å²) in [6.07, 6.45) is 12.5. The number of nitrogens with zero attached hydrogens (tertiary/aromatic N) is 1. The highest BCUT2D eigenvalue weighted by molar-refractivity contribution is 4.97. The van der Waals surface area contributed by atoms with Crippen LogP contribution in [-0.2, 0) is 0 Å². The summed E-state index contributed by atoms with van der Waals surface area (Å²) in [5.74, 6) is 0.552. The summed E-state index contributed by atoms with van der Waals surface area (Å²) in [5, 5.41) is 14.5. The van der Waals surface area contributed by atoms with Gasteiger partial charge >= 0.3 is 0 Å².